The van der Waals surface area contributed by atoms with E-state index in [2.05, 4.69) is 10.6 Å². The van der Waals surface area contributed by atoms with Crippen LogP contribution < -0.4 is 16.4 Å². The van der Waals surface area contributed by atoms with E-state index in [9.17, 15) is 14.4 Å². The van der Waals surface area contributed by atoms with Crippen molar-refractivity contribution in [3.05, 3.63) is 0 Å². The van der Waals surface area contributed by atoms with Crippen molar-refractivity contribution in [3.63, 3.8) is 0 Å². The monoisotopic (exact) mass is 303 g/mol. The van der Waals surface area contributed by atoms with Crippen molar-refractivity contribution >= 4 is 18.1 Å². The number of amides is 3. The van der Waals surface area contributed by atoms with Crippen LogP contribution in [0.15, 0.2) is 0 Å². The molecule has 1 atom stereocenters. The van der Waals surface area contributed by atoms with Gasteiger partial charge in [-0.1, -0.05) is 0 Å². The van der Waals surface area contributed by atoms with Gasteiger partial charge in [-0.15, -0.1) is 0 Å². The zero-order valence-electron chi connectivity index (χ0n) is 13.4. The van der Waals surface area contributed by atoms with E-state index in [0.29, 0.717) is 0 Å². The van der Waals surface area contributed by atoms with E-state index in [1.54, 1.807) is 41.5 Å². The topological polar surface area (TPSA) is 120 Å². The Morgan fingerprint density at radius 1 is 1.00 bits per heavy atom. The number of carbonyl (C=O) groups excluding carboxylic acids is 3. The van der Waals surface area contributed by atoms with E-state index in [-0.39, 0.29) is 6.54 Å². The summed E-state index contributed by atoms with van der Waals surface area (Å²) in [4.78, 5) is 34.4. The van der Waals surface area contributed by atoms with E-state index in [0.717, 1.165) is 0 Å². The number of alkyl carbamates (subject to hydrolysis) is 1. The van der Waals surface area contributed by atoms with Gasteiger partial charge in [-0.25, -0.2) is 14.4 Å². The van der Waals surface area contributed by atoms with Crippen molar-refractivity contribution in [2.75, 3.05) is 6.54 Å². The number of rotatable bonds is 4. The van der Waals surface area contributed by atoms with Crippen LogP contribution in [0.25, 0.3) is 0 Å². The zero-order valence-corrected chi connectivity index (χ0v) is 13.4. The molecule has 0 rings (SSSR count). The lowest BCUT2D eigenvalue weighted by atomic mass is 10.2. The maximum absolute atomic E-state index is 12.0. The largest absolute Gasteiger partial charge is 0.458 e. The lowest BCUT2D eigenvalue weighted by Gasteiger charge is -2.26. The average molecular weight is 303 g/mol. The molecule has 4 N–H and O–H groups in total. The van der Waals surface area contributed by atoms with Gasteiger partial charge < -0.3 is 25.8 Å². The summed E-state index contributed by atoms with van der Waals surface area (Å²) in [7, 11) is 0. The first-order valence-electron chi connectivity index (χ1n) is 6.56. The lowest BCUT2D eigenvalue weighted by Crippen LogP contribution is -2.52. The smallest absolute Gasteiger partial charge is 0.408 e. The second kappa shape index (κ2) is 7.14. The van der Waals surface area contributed by atoms with E-state index < -0.39 is 35.3 Å². The molecule has 0 spiro atoms. The molecule has 0 aliphatic carbocycles. The van der Waals surface area contributed by atoms with Gasteiger partial charge in [0.25, 0.3) is 0 Å². The molecule has 0 aromatic heterocycles. The number of hydrogen-bond acceptors (Lipinski definition) is 5. The Morgan fingerprint density at radius 2 is 1.48 bits per heavy atom. The fourth-order valence-electron chi connectivity index (χ4n) is 1.22. The van der Waals surface area contributed by atoms with E-state index in [1.165, 1.54) is 0 Å². The van der Waals surface area contributed by atoms with Gasteiger partial charge in [0.1, 0.15) is 17.2 Å². The number of urea groups is 1. The maximum atomic E-state index is 12.0. The van der Waals surface area contributed by atoms with Crippen molar-refractivity contribution in [2.45, 2.75) is 58.8 Å². The second-order valence-electron chi connectivity index (χ2n) is 6.48. The summed E-state index contributed by atoms with van der Waals surface area (Å²) in [5.74, 6) is -0.692. The third-order valence-corrected chi connectivity index (χ3v) is 1.86. The molecule has 0 saturated heterocycles. The minimum absolute atomic E-state index is 0.191. The third kappa shape index (κ3) is 10.5. The molecule has 0 aromatic carbocycles. The Morgan fingerprint density at radius 3 is 1.86 bits per heavy atom. The quantitative estimate of drug-likeness (QED) is 0.666. The SMILES string of the molecule is CC(C)(C)OC(=O)NC(CNC(N)=O)C(=O)OC(C)(C)C. The molecule has 0 aliphatic heterocycles. The summed E-state index contributed by atoms with van der Waals surface area (Å²) in [5, 5.41) is 4.59. The maximum Gasteiger partial charge on any atom is 0.408 e. The molecule has 122 valence electrons. The summed E-state index contributed by atoms with van der Waals surface area (Å²) in [5.41, 5.74) is 3.52. The number of primary amides is 1. The molecule has 0 saturated carbocycles. The molecule has 1 unspecified atom stereocenters. The highest BCUT2D eigenvalue weighted by Gasteiger charge is 2.28. The van der Waals surface area contributed by atoms with Crippen molar-refractivity contribution < 1.29 is 23.9 Å². The van der Waals surface area contributed by atoms with Gasteiger partial charge in [0, 0.05) is 0 Å². The summed E-state index contributed by atoms with van der Waals surface area (Å²) in [6.07, 6.45) is -0.787. The van der Waals surface area contributed by atoms with E-state index in [1.807, 2.05) is 0 Å². The Bertz CT molecular complexity index is 396. The predicted molar refractivity (Wildman–Crippen MR) is 76.6 cm³/mol. The first-order chi connectivity index (χ1) is 9.30. The molecule has 0 radical (unpaired) electrons. The number of nitrogens with one attached hydrogen (secondary N) is 2. The minimum atomic E-state index is -1.09. The van der Waals surface area contributed by atoms with Gasteiger partial charge >= 0.3 is 18.1 Å². The molecule has 8 nitrogen and oxygen atoms in total. The van der Waals surface area contributed by atoms with Crippen LogP contribution in [0.3, 0.4) is 0 Å². The molecule has 0 aliphatic rings. The molecule has 8 heteroatoms. The van der Waals surface area contributed by atoms with Crippen LogP contribution in [0, 0.1) is 0 Å². The van der Waals surface area contributed by atoms with Gasteiger partial charge in [0.2, 0.25) is 0 Å². The van der Waals surface area contributed by atoms with Crippen LogP contribution in [0.2, 0.25) is 0 Å². The van der Waals surface area contributed by atoms with Crippen LogP contribution in [0.1, 0.15) is 41.5 Å². The number of esters is 1. The molecule has 0 fully saturated rings. The summed E-state index contributed by atoms with van der Waals surface area (Å²) in [6.45, 7) is 9.96. The van der Waals surface area contributed by atoms with Crippen LogP contribution in [-0.2, 0) is 14.3 Å². The van der Waals surface area contributed by atoms with Crippen molar-refractivity contribution in [1.82, 2.24) is 10.6 Å². The summed E-state index contributed by atoms with van der Waals surface area (Å²) >= 11 is 0. The predicted octanol–water partition coefficient (Wildman–Crippen LogP) is 0.890. The molecular weight excluding hydrogens is 278 g/mol. The summed E-state index contributed by atoms with van der Waals surface area (Å²) < 4.78 is 10.2. The van der Waals surface area contributed by atoms with E-state index >= 15 is 0 Å². The van der Waals surface area contributed by atoms with Gasteiger partial charge in [-0.05, 0) is 41.5 Å². The first kappa shape index (κ1) is 19.0. The number of carbonyl (C=O) groups is 3. The Labute approximate surface area is 124 Å². The molecular formula is C13H25N3O5. The van der Waals surface area contributed by atoms with Crippen molar-refractivity contribution in [2.24, 2.45) is 5.73 Å². The standard InChI is InChI=1S/C13H25N3O5/c1-12(2,3)20-9(17)8(7-15-10(14)18)16-11(19)21-13(4,5)6/h8H,7H2,1-6H3,(H,16,19)(H3,14,15,18). The zero-order chi connectivity index (χ0) is 16.8. The first-order valence-corrected chi connectivity index (χ1v) is 6.56. The third-order valence-electron chi connectivity index (χ3n) is 1.86. The molecule has 3 amide bonds. The van der Waals surface area contributed by atoms with Crippen LogP contribution in [-0.4, -0.2) is 41.9 Å². The molecule has 21 heavy (non-hydrogen) atoms. The Balaban J connectivity index is 4.77. The fraction of sp³-hybridized carbons (Fsp3) is 0.769. The highest BCUT2D eigenvalue weighted by molar-refractivity contribution is 5.83. The second-order valence-corrected chi connectivity index (χ2v) is 6.48. The molecule has 0 aromatic rings. The average Bonchev–Trinajstić information content (AvgIpc) is 2.18. The van der Waals surface area contributed by atoms with Crippen LogP contribution >= 0.6 is 0 Å². The van der Waals surface area contributed by atoms with E-state index in [4.69, 9.17) is 15.2 Å². The summed E-state index contributed by atoms with van der Waals surface area (Å²) in [6, 6.07) is -1.90. The highest BCUT2D eigenvalue weighted by atomic mass is 16.6. The van der Waals surface area contributed by atoms with Crippen LogP contribution in [0.5, 0.6) is 0 Å². The van der Waals surface area contributed by atoms with Crippen LogP contribution in [0.4, 0.5) is 9.59 Å². The number of ether oxygens (including phenoxy) is 2. The van der Waals surface area contributed by atoms with Gasteiger partial charge in [0.05, 0.1) is 6.54 Å². The normalized spacial score (nSPS) is 13.0. The lowest BCUT2D eigenvalue weighted by molar-refractivity contribution is -0.157. The molecule has 0 heterocycles. The highest BCUT2D eigenvalue weighted by Crippen LogP contribution is 2.10. The van der Waals surface area contributed by atoms with Crippen molar-refractivity contribution in [3.8, 4) is 0 Å². The van der Waals surface area contributed by atoms with Gasteiger partial charge in [-0.2, -0.15) is 0 Å². The number of hydrogen-bond donors (Lipinski definition) is 3. The molecule has 0 bridgehead atoms. The fourth-order valence-corrected chi connectivity index (χ4v) is 1.22. The Kier molecular flexibility index (Phi) is 6.47. The van der Waals surface area contributed by atoms with Crippen molar-refractivity contribution in [1.29, 1.82) is 0 Å². The van der Waals surface area contributed by atoms with Gasteiger partial charge in [0.15, 0.2) is 0 Å². The van der Waals surface area contributed by atoms with Gasteiger partial charge in [-0.3, -0.25) is 0 Å². The Hall–Kier alpha value is -1.99. The minimum Gasteiger partial charge on any atom is -0.458 e. The number of nitrogens with two attached hydrogens (primary N) is 1.